The first-order valence-electron chi connectivity index (χ1n) is 15.7. The van der Waals surface area contributed by atoms with E-state index in [0.29, 0.717) is 11.5 Å². The maximum atomic E-state index is 14.7. The Morgan fingerprint density at radius 1 is 0.875 bits per heavy atom. The zero-order valence-corrected chi connectivity index (χ0v) is 29.6. The van der Waals surface area contributed by atoms with Crippen LogP contribution < -0.4 is 19.1 Å². The van der Waals surface area contributed by atoms with Crippen molar-refractivity contribution in [2.45, 2.75) is 55.6 Å². The van der Waals surface area contributed by atoms with E-state index in [1.54, 1.807) is 62.6 Å². The average molecular weight is 690 g/mol. The zero-order chi connectivity index (χ0) is 34.7. The number of nitrogens with one attached hydrogen (secondary N) is 1. The molecule has 0 heterocycles. The van der Waals surface area contributed by atoms with Crippen molar-refractivity contribution < 1.29 is 27.5 Å². The third kappa shape index (κ3) is 9.32. The lowest BCUT2D eigenvalue weighted by Crippen LogP contribution is -2.54. The van der Waals surface area contributed by atoms with Crippen LogP contribution in [0.2, 0.25) is 0 Å². The number of anilines is 1. The third-order valence-electron chi connectivity index (χ3n) is 7.55. The summed E-state index contributed by atoms with van der Waals surface area (Å²) in [6.45, 7) is 5.25. The number of ether oxygens (including phenoxy) is 2. The Bertz CT molecular complexity index is 1770. The van der Waals surface area contributed by atoms with Gasteiger partial charge in [-0.1, -0.05) is 54.6 Å². The number of hydrogen-bond acceptors (Lipinski definition) is 7. The summed E-state index contributed by atoms with van der Waals surface area (Å²) in [5, 5.41) is 2.97. The minimum atomic E-state index is -4.28. The monoisotopic (exact) mass is 689 g/mol. The van der Waals surface area contributed by atoms with Crippen LogP contribution in [0.3, 0.4) is 0 Å². The topological polar surface area (TPSA) is 105 Å². The summed E-state index contributed by atoms with van der Waals surface area (Å²) in [4.78, 5) is 31.0. The van der Waals surface area contributed by atoms with E-state index in [-0.39, 0.29) is 42.1 Å². The second kappa shape index (κ2) is 17.1. The molecule has 0 saturated carbocycles. The number of benzene rings is 4. The summed E-state index contributed by atoms with van der Waals surface area (Å²) in [6, 6.07) is 28.8. The van der Waals surface area contributed by atoms with E-state index in [1.165, 1.54) is 28.8 Å². The molecule has 0 radical (unpaired) electrons. The molecule has 0 spiro atoms. The van der Waals surface area contributed by atoms with Crippen molar-refractivity contribution in [3.63, 3.8) is 0 Å². The lowest BCUT2D eigenvalue weighted by Gasteiger charge is -2.34. The highest BCUT2D eigenvalue weighted by atomic mass is 32.2. The minimum absolute atomic E-state index is 0.0251. The summed E-state index contributed by atoms with van der Waals surface area (Å²) < 4.78 is 41.2. The van der Waals surface area contributed by atoms with Gasteiger partial charge in [0.25, 0.3) is 10.0 Å². The normalized spacial score (nSPS) is 11.9. The van der Waals surface area contributed by atoms with Crippen LogP contribution >= 0.6 is 11.8 Å². The highest BCUT2D eigenvalue weighted by molar-refractivity contribution is 7.98. The largest absolute Gasteiger partial charge is 0.497 e. The summed E-state index contributed by atoms with van der Waals surface area (Å²) in [7, 11) is -2.72. The average Bonchev–Trinajstić information content (AvgIpc) is 3.09. The molecule has 0 saturated heterocycles. The van der Waals surface area contributed by atoms with Crippen LogP contribution in [0, 0.1) is 0 Å². The van der Waals surface area contributed by atoms with Crippen LogP contribution in [0.5, 0.6) is 11.5 Å². The summed E-state index contributed by atoms with van der Waals surface area (Å²) in [5.41, 5.74) is 1.79. The first-order chi connectivity index (χ1) is 23.1. The Kier molecular flexibility index (Phi) is 12.9. The van der Waals surface area contributed by atoms with Crippen LogP contribution in [0.25, 0.3) is 0 Å². The van der Waals surface area contributed by atoms with Crippen molar-refractivity contribution in [2.24, 2.45) is 0 Å². The zero-order valence-electron chi connectivity index (χ0n) is 28.0. The molecule has 4 aromatic rings. The first-order valence-corrected chi connectivity index (χ1v) is 18.4. The van der Waals surface area contributed by atoms with Gasteiger partial charge in [-0.05, 0) is 86.7 Å². The molecular formula is C37H43N3O6S2. The number of nitrogens with zero attached hydrogens (tertiary/aromatic N) is 2. The number of amides is 2. The van der Waals surface area contributed by atoms with E-state index in [4.69, 9.17) is 9.47 Å². The molecule has 11 heteroatoms. The maximum Gasteiger partial charge on any atom is 0.264 e. The quantitative estimate of drug-likeness (QED) is 0.140. The van der Waals surface area contributed by atoms with Crippen molar-refractivity contribution in [3.05, 3.63) is 114 Å². The molecule has 0 aliphatic carbocycles. The first kappa shape index (κ1) is 36.4. The van der Waals surface area contributed by atoms with Gasteiger partial charge < -0.3 is 19.7 Å². The van der Waals surface area contributed by atoms with Gasteiger partial charge in [-0.3, -0.25) is 13.9 Å². The third-order valence-corrected chi connectivity index (χ3v) is 10.1. The molecule has 0 fully saturated rings. The molecule has 0 aromatic heterocycles. The maximum absolute atomic E-state index is 14.7. The molecule has 48 heavy (non-hydrogen) atoms. The van der Waals surface area contributed by atoms with Gasteiger partial charge in [0.15, 0.2) is 0 Å². The number of carbonyl (C=O) groups excluding carboxylic acids is 2. The van der Waals surface area contributed by atoms with Crippen LogP contribution in [0.4, 0.5) is 5.69 Å². The molecule has 254 valence electrons. The Morgan fingerprint density at radius 3 is 2.19 bits per heavy atom. The standard InChI is InChI=1S/C37H43N3O6S2/c1-6-46-35-18-11-10-17-33(35)40(48(43,44)32-21-19-31(47-5)20-22-32)26-36(41)39(25-29-15-12-16-30(23-29)45-4)34(37(42)38-27(2)3)24-28-13-8-7-9-14-28/h7-23,27,34H,6,24-26H2,1-5H3,(H,38,42)/t34-/m1/s1. The molecule has 4 aromatic carbocycles. The number of methoxy groups -OCH3 is 1. The fourth-order valence-electron chi connectivity index (χ4n) is 5.23. The van der Waals surface area contributed by atoms with E-state index in [0.717, 1.165) is 20.3 Å². The van der Waals surface area contributed by atoms with Crippen molar-refractivity contribution in [1.82, 2.24) is 10.2 Å². The number of para-hydroxylation sites is 2. The number of hydrogen-bond donors (Lipinski definition) is 1. The Hall–Kier alpha value is -4.48. The summed E-state index contributed by atoms with van der Waals surface area (Å²) in [6.07, 6.45) is 2.12. The van der Waals surface area contributed by atoms with Crippen molar-refractivity contribution >= 4 is 39.3 Å². The number of rotatable bonds is 16. The van der Waals surface area contributed by atoms with E-state index in [1.807, 2.05) is 62.6 Å². The van der Waals surface area contributed by atoms with Crippen molar-refractivity contribution in [2.75, 3.05) is 30.8 Å². The second-order valence-corrected chi connectivity index (χ2v) is 14.1. The molecule has 4 rings (SSSR count). The van der Waals surface area contributed by atoms with Crippen LogP contribution in [-0.4, -0.2) is 63.7 Å². The molecule has 1 atom stereocenters. The number of thioether (sulfide) groups is 1. The van der Waals surface area contributed by atoms with Gasteiger partial charge in [-0.25, -0.2) is 8.42 Å². The number of carbonyl (C=O) groups is 2. The molecule has 9 nitrogen and oxygen atoms in total. The summed E-state index contributed by atoms with van der Waals surface area (Å²) in [5.74, 6) is -0.000313. The smallest absolute Gasteiger partial charge is 0.264 e. The lowest BCUT2D eigenvalue weighted by atomic mass is 10.0. The van der Waals surface area contributed by atoms with Gasteiger partial charge in [0.1, 0.15) is 24.1 Å². The molecule has 2 amide bonds. The Morgan fingerprint density at radius 2 is 1.54 bits per heavy atom. The summed E-state index contributed by atoms with van der Waals surface area (Å²) >= 11 is 1.49. The van der Waals surface area contributed by atoms with Gasteiger partial charge >= 0.3 is 0 Å². The van der Waals surface area contributed by atoms with Gasteiger partial charge in [0, 0.05) is 23.9 Å². The van der Waals surface area contributed by atoms with E-state index in [2.05, 4.69) is 5.32 Å². The van der Waals surface area contributed by atoms with Gasteiger partial charge in [-0.15, -0.1) is 11.8 Å². The van der Waals surface area contributed by atoms with E-state index >= 15 is 0 Å². The lowest BCUT2D eigenvalue weighted by molar-refractivity contribution is -0.140. The second-order valence-electron chi connectivity index (χ2n) is 11.3. The minimum Gasteiger partial charge on any atom is -0.497 e. The molecule has 0 aliphatic rings. The predicted octanol–water partition coefficient (Wildman–Crippen LogP) is 6.18. The fraction of sp³-hybridized carbons (Fsp3) is 0.297. The number of sulfonamides is 1. The SMILES string of the molecule is CCOc1ccccc1N(CC(=O)N(Cc1cccc(OC)c1)[C@H](Cc1ccccc1)C(=O)NC(C)C)S(=O)(=O)c1ccc(SC)cc1. The molecular weight excluding hydrogens is 647 g/mol. The van der Waals surface area contributed by atoms with E-state index in [9.17, 15) is 18.0 Å². The van der Waals surface area contributed by atoms with Gasteiger partial charge in [-0.2, -0.15) is 0 Å². The van der Waals surface area contributed by atoms with Crippen molar-refractivity contribution in [1.29, 1.82) is 0 Å². The fourth-order valence-corrected chi connectivity index (χ4v) is 7.06. The van der Waals surface area contributed by atoms with Crippen LogP contribution in [-0.2, 0) is 32.6 Å². The van der Waals surface area contributed by atoms with E-state index < -0.39 is 28.5 Å². The Balaban J connectivity index is 1.85. The Labute approximate surface area is 288 Å². The molecule has 0 aliphatic heterocycles. The highest BCUT2D eigenvalue weighted by Crippen LogP contribution is 2.33. The molecule has 0 unspecified atom stereocenters. The van der Waals surface area contributed by atoms with Crippen LogP contribution in [0.1, 0.15) is 31.9 Å². The van der Waals surface area contributed by atoms with Crippen LogP contribution in [0.15, 0.2) is 113 Å². The van der Waals surface area contributed by atoms with Crippen molar-refractivity contribution in [3.8, 4) is 11.5 Å². The molecule has 0 bridgehead atoms. The highest BCUT2D eigenvalue weighted by Gasteiger charge is 2.35. The molecule has 1 N–H and O–H groups in total. The van der Waals surface area contributed by atoms with Gasteiger partial charge in [0.2, 0.25) is 11.8 Å². The van der Waals surface area contributed by atoms with Gasteiger partial charge in [0.05, 0.1) is 24.3 Å². The predicted molar refractivity (Wildman–Crippen MR) is 191 cm³/mol.